The van der Waals surface area contributed by atoms with Gasteiger partial charge in [-0.3, -0.25) is 0 Å². The summed E-state index contributed by atoms with van der Waals surface area (Å²) in [6.45, 7) is 3.40. The lowest BCUT2D eigenvalue weighted by Crippen LogP contribution is -2.04. The van der Waals surface area contributed by atoms with Gasteiger partial charge in [-0.1, -0.05) is 38.5 Å². The van der Waals surface area contributed by atoms with Crippen molar-refractivity contribution < 1.29 is 14.2 Å². The van der Waals surface area contributed by atoms with E-state index in [1.165, 1.54) is 25.7 Å². The normalized spacial score (nSPS) is 12.9. The van der Waals surface area contributed by atoms with E-state index in [9.17, 15) is 4.39 Å². The molecule has 2 nitrogen and oxygen atoms in total. The maximum atomic E-state index is 12.6. The van der Waals surface area contributed by atoms with E-state index in [4.69, 9.17) is 9.84 Å². The fourth-order valence-corrected chi connectivity index (χ4v) is 1.69. The maximum Gasteiger partial charge on any atom is 0.123 e. The van der Waals surface area contributed by atoms with Crippen molar-refractivity contribution in [3.8, 4) is 0 Å². The van der Waals surface area contributed by atoms with Crippen LogP contribution in [0.15, 0.2) is 0 Å². The summed E-state index contributed by atoms with van der Waals surface area (Å²) in [4.78, 5) is 0. The highest BCUT2D eigenvalue weighted by molar-refractivity contribution is 4.54. The number of aliphatic hydroxyl groups is 1. The molecule has 16 heavy (non-hydrogen) atoms. The second-order valence-electron chi connectivity index (χ2n) is 4.24. The molecule has 0 aromatic heterocycles. The summed E-state index contributed by atoms with van der Waals surface area (Å²) >= 11 is 0. The number of aliphatic hydroxyl groups excluding tert-OH is 1. The molecule has 0 fully saturated rings. The molecule has 0 saturated carbocycles. The summed E-state index contributed by atoms with van der Waals surface area (Å²) in [5, 5.41) is 8.49. The van der Waals surface area contributed by atoms with Gasteiger partial charge in [0.25, 0.3) is 0 Å². The Labute approximate surface area is 99.2 Å². The summed E-state index contributed by atoms with van der Waals surface area (Å²) in [5.41, 5.74) is 0. The van der Waals surface area contributed by atoms with Crippen LogP contribution in [0.2, 0.25) is 0 Å². The van der Waals surface area contributed by atoms with Crippen LogP contribution >= 0.6 is 0 Å². The van der Waals surface area contributed by atoms with E-state index in [0.717, 1.165) is 32.5 Å². The highest BCUT2D eigenvalue weighted by Crippen LogP contribution is 2.10. The molecule has 0 spiro atoms. The fraction of sp³-hybridized carbons (Fsp3) is 1.00. The molecule has 98 valence electrons. The summed E-state index contributed by atoms with van der Waals surface area (Å²) in [5.74, 6) is 0. The lowest BCUT2D eigenvalue weighted by molar-refractivity contribution is 0.143. The van der Waals surface area contributed by atoms with Gasteiger partial charge in [-0.15, -0.1) is 0 Å². The molecule has 0 bridgehead atoms. The van der Waals surface area contributed by atoms with E-state index in [1.807, 2.05) is 6.92 Å². The third-order valence-corrected chi connectivity index (χ3v) is 2.71. The van der Waals surface area contributed by atoms with Crippen molar-refractivity contribution in [3.63, 3.8) is 0 Å². The van der Waals surface area contributed by atoms with Crippen LogP contribution in [-0.2, 0) is 4.74 Å². The summed E-state index contributed by atoms with van der Waals surface area (Å²) < 4.78 is 17.9. The van der Waals surface area contributed by atoms with Crippen LogP contribution in [0.25, 0.3) is 0 Å². The van der Waals surface area contributed by atoms with Gasteiger partial charge >= 0.3 is 0 Å². The molecule has 0 amide bonds. The van der Waals surface area contributed by atoms with Gasteiger partial charge in [0, 0.05) is 13.2 Å². The Balaban J connectivity index is 2.93. The minimum Gasteiger partial charge on any atom is -0.393 e. The molecule has 1 unspecified atom stereocenters. The first-order valence-corrected chi connectivity index (χ1v) is 6.64. The van der Waals surface area contributed by atoms with Crippen molar-refractivity contribution in [1.82, 2.24) is 0 Å². The largest absolute Gasteiger partial charge is 0.393 e. The predicted octanol–water partition coefficient (Wildman–Crippen LogP) is 3.47. The zero-order valence-electron chi connectivity index (χ0n) is 10.6. The van der Waals surface area contributed by atoms with Crippen LogP contribution < -0.4 is 0 Å². The summed E-state index contributed by atoms with van der Waals surface area (Å²) in [6.07, 6.45) is 7.58. The lowest BCUT2D eigenvalue weighted by atomic mass is 10.1. The van der Waals surface area contributed by atoms with Crippen molar-refractivity contribution in [2.24, 2.45) is 0 Å². The fourth-order valence-electron chi connectivity index (χ4n) is 1.69. The van der Waals surface area contributed by atoms with E-state index in [1.54, 1.807) is 0 Å². The molecule has 0 saturated heterocycles. The van der Waals surface area contributed by atoms with Gasteiger partial charge in [-0.05, 0) is 19.8 Å². The Morgan fingerprint density at radius 3 is 2.12 bits per heavy atom. The monoisotopic (exact) mass is 234 g/mol. The summed E-state index contributed by atoms with van der Waals surface area (Å²) in [6, 6.07) is 0. The second-order valence-corrected chi connectivity index (χ2v) is 4.24. The van der Waals surface area contributed by atoms with Crippen molar-refractivity contribution >= 4 is 0 Å². The van der Waals surface area contributed by atoms with Gasteiger partial charge in [0.1, 0.15) is 6.17 Å². The molecule has 1 N–H and O–H groups in total. The van der Waals surface area contributed by atoms with Crippen LogP contribution in [0.3, 0.4) is 0 Å². The first kappa shape index (κ1) is 15.9. The molecular weight excluding hydrogens is 207 g/mol. The first-order valence-electron chi connectivity index (χ1n) is 6.64. The van der Waals surface area contributed by atoms with Crippen molar-refractivity contribution in [3.05, 3.63) is 0 Å². The Kier molecular flexibility index (Phi) is 12.8. The quantitative estimate of drug-likeness (QED) is 0.524. The van der Waals surface area contributed by atoms with E-state index in [0.29, 0.717) is 6.42 Å². The molecule has 1 atom stereocenters. The van der Waals surface area contributed by atoms with Crippen LogP contribution in [-0.4, -0.2) is 31.1 Å². The van der Waals surface area contributed by atoms with Gasteiger partial charge in [-0.2, -0.15) is 0 Å². The zero-order valence-corrected chi connectivity index (χ0v) is 10.6. The van der Waals surface area contributed by atoms with E-state index >= 15 is 0 Å². The van der Waals surface area contributed by atoms with Gasteiger partial charge in [0.05, 0.1) is 6.61 Å². The Morgan fingerprint density at radius 1 is 1.00 bits per heavy atom. The third-order valence-electron chi connectivity index (χ3n) is 2.71. The molecule has 0 rings (SSSR count). The summed E-state index contributed by atoms with van der Waals surface area (Å²) in [7, 11) is 0. The number of unbranched alkanes of at least 4 members (excludes halogenated alkanes) is 6. The Morgan fingerprint density at radius 2 is 1.56 bits per heavy atom. The number of hydrogen-bond donors (Lipinski definition) is 1. The Hall–Kier alpha value is -0.150. The predicted molar refractivity (Wildman–Crippen MR) is 65.4 cm³/mol. The molecular formula is C13H27FO2. The van der Waals surface area contributed by atoms with Gasteiger partial charge in [0.15, 0.2) is 0 Å². The zero-order chi connectivity index (χ0) is 12.1. The van der Waals surface area contributed by atoms with E-state index < -0.39 is 6.17 Å². The maximum absolute atomic E-state index is 12.6. The lowest BCUT2D eigenvalue weighted by Gasteiger charge is -2.04. The van der Waals surface area contributed by atoms with Crippen LogP contribution in [0.5, 0.6) is 0 Å². The minimum absolute atomic E-state index is 0.322. The smallest absolute Gasteiger partial charge is 0.123 e. The van der Waals surface area contributed by atoms with Crippen molar-refractivity contribution in [2.75, 3.05) is 19.8 Å². The van der Waals surface area contributed by atoms with Gasteiger partial charge < -0.3 is 9.84 Å². The molecule has 0 aliphatic heterocycles. The first-order chi connectivity index (χ1) is 7.81. The SMILES string of the molecule is CCOCCCCCCCCCC(F)CO. The molecule has 0 heterocycles. The van der Waals surface area contributed by atoms with Crippen molar-refractivity contribution in [2.45, 2.75) is 64.5 Å². The number of halogens is 1. The molecule has 3 heteroatoms. The van der Waals surface area contributed by atoms with Gasteiger partial charge in [0.2, 0.25) is 0 Å². The second kappa shape index (κ2) is 12.9. The number of rotatable bonds is 12. The molecule has 0 aromatic carbocycles. The number of hydrogen-bond acceptors (Lipinski definition) is 2. The van der Waals surface area contributed by atoms with E-state index in [-0.39, 0.29) is 6.61 Å². The van der Waals surface area contributed by atoms with E-state index in [2.05, 4.69) is 0 Å². The van der Waals surface area contributed by atoms with Crippen LogP contribution in [0, 0.1) is 0 Å². The Bertz CT molecular complexity index is 131. The molecule has 0 radical (unpaired) electrons. The minimum atomic E-state index is -1.01. The highest BCUT2D eigenvalue weighted by atomic mass is 19.1. The third kappa shape index (κ3) is 11.9. The molecule has 0 aliphatic carbocycles. The highest BCUT2D eigenvalue weighted by Gasteiger charge is 2.02. The van der Waals surface area contributed by atoms with Crippen LogP contribution in [0.4, 0.5) is 4.39 Å². The average molecular weight is 234 g/mol. The van der Waals surface area contributed by atoms with Crippen LogP contribution in [0.1, 0.15) is 58.3 Å². The van der Waals surface area contributed by atoms with Gasteiger partial charge in [-0.25, -0.2) is 4.39 Å². The number of ether oxygens (including phenoxy) is 1. The van der Waals surface area contributed by atoms with Crippen molar-refractivity contribution in [1.29, 1.82) is 0 Å². The topological polar surface area (TPSA) is 29.5 Å². The average Bonchev–Trinajstić information content (AvgIpc) is 2.31. The molecule has 0 aliphatic rings. The number of alkyl halides is 1. The standard InChI is InChI=1S/C13H27FO2/c1-2-16-11-9-7-5-3-4-6-8-10-13(14)12-15/h13,15H,2-12H2,1H3. The molecule has 0 aromatic rings.